The lowest BCUT2D eigenvalue weighted by molar-refractivity contribution is -0.121. The average Bonchev–Trinajstić information content (AvgIpc) is 3.65. The van der Waals surface area contributed by atoms with Crippen molar-refractivity contribution in [3.05, 3.63) is 101 Å². The maximum absolute atomic E-state index is 12.5. The van der Waals surface area contributed by atoms with E-state index in [9.17, 15) is 4.79 Å². The summed E-state index contributed by atoms with van der Waals surface area (Å²) in [5.41, 5.74) is 5.39. The second-order valence-corrected chi connectivity index (χ2v) is 8.64. The Balaban J connectivity index is 1.17. The van der Waals surface area contributed by atoms with Gasteiger partial charge in [0.05, 0.1) is 6.54 Å². The molecule has 0 saturated carbocycles. The number of aromatic nitrogens is 4. The predicted octanol–water partition coefficient (Wildman–Crippen LogP) is 4.96. The monoisotopic (exact) mass is 469 g/mol. The molecule has 34 heavy (non-hydrogen) atoms. The molecule has 8 heteroatoms. The van der Waals surface area contributed by atoms with Crippen LogP contribution in [-0.2, 0) is 24.3 Å². The summed E-state index contributed by atoms with van der Waals surface area (Å²) in [4.78, 5) is 16.8. The molecule has 1 amide bonds. The molecule has 0 spiro atoms. The maximum atomic E-state index is 12.5. The number of thiophene rings is 1. The molecule has 1 N–H and O–H groups in total. The third-order valence-electron chi connectivity index (χ3n) is 5.48. The summed E-state index contributed by atoms with van der Waals surface area (Å²) < 4.78 is 7.18. The van der Waals surface area contributed by atoms with Crippen LogP contribution in [0.3, 0.4) is 0 Å². The minimum absolute atomic E-state index is 0.0559. The summed E-state index contributed by atoms with van der Waals surface area (Å²) in [6.45, 7) is 1.19. The molecule has 7 nitrogen and oxygen atoms in total. The topological polar surface area (TPSA) is 85.8 Å². The van der Waals surface area contributed by atoms with E-state index in [1.807, 2.05) is 52.0 Å². The van der Waals surface area contributed by atoms with Gasteiger partial charge in [0.25, 0.3) is 0 Å². The lowest BCUT2D eigenvalue weighted by atomic mass is 9.98. The SMILES string of the molecule is O=C(CCc1nc(-c2ccsc2)no1)NCc1ccccc1-c1ccc(Cn2cccn2)cc1. The van der Waals surface area contributed by atoms with Gasteiger partial charge in [-0.05, 0) is 39.8 Å². The number of benzene rings is 2. The Morgan fingerprint density at radius 3 is 2.71 bits per heavy atom. The second kappa shape index (κ2) is 10.3. The molecule has 170 valence electrons. The Bertz CT molecular complexity index is 1340. The van der Waals surface area contributed by atoms with Crippen molar-refractivity contribution in [2.45, 2.75) is 25.9 Å². The van der Waals surface area contributed by atoms with Gasteiger partial charge in [-0.1, -0.05) is 53.7 Å². The van der Waals surface area contributed by atoms with Crippen molar-refractivity contribution >= 4 is 17.2 Å². The number of hydrogen-bond donors (Lipinski definition) is 1. The van der Waals surface area contributed by atoms with Crippen molar-refractivity contribution in [3.8, 4) is 22.5 Å². The largest absolute Gasteiger partial charge is 0.352 e. The number of nitrogens with one attached hydrogen (secondary N) is 1. The third-order valence-corrected chi connectivity index (χ3v) is 6.16. The smallest absolute Gasteiger partial charge is 0.227 e. The van der Waals surface area contributed by atoms with Crippen LogP contribution < -0.4 is 5.32 Å². The van der Waals surface area contributed by atoms with Crippen molar-refractivity contribution in [2.24, 2.45) is 0 Å². The van der Waals surface area contributed by atoms with Crippen LogP contribution in [0.5, 0.6) is 0 Å². The molecule has 3 aromatic heterocycles. The minimum Gasteiger partial charge on any atom is -0.352 e. The zero-order valence-electron chi connectivity index (χ0n) is 18.4. The molecule has 0 unspecified atom stereocenters. The van der Waals surface area contributed by atoms with Crippen molar-refractivity contribution in [2.75, 3.05) is 0 Å². The summed E-state index contributed by atoms with van der Waals surface area (Å²) in [6.07, 6.45) is 4.42. The fourth-order valence-corrected chi connectivity index (χ4v) is 4.33. The highest BCUT2D eigenvalue weighted by atomic mass is 32.1. The van der Waals surface area contributed by atoms with E-state index in [2.05, 4.69) is 50.9 Å². The first kappa shape index (κ1) is 21.8. The molecule has 3 heterocycles. The van der Waals surface area contributed by atoms with Crippen molar-refractivity contribution in [3.63, 3.8) is 0 Å². The molecule has 0 aliphatic carbocycles. The van der Waals surface area contributed by atoms with E-state index in [1.165, 1.54) is 5.56 Å². The van der Waals surface area contributed by atoms with Crippen molar-refractivity contribution in [1.29, 1.82) is 0 Å². The summed E-state index contributed by atoms with van der Waals surface area (Å²) in [7, 11) is 0. The summed E-state index contributed by atoms with van der Waals surface area (Å²) in [6, 6.07) is 20.4. The van der Waals surface area contributed by atoms with Crippen LogP contribution in [0.1, 0.15) is 23.4 Å². The van der Waals surface area contributed by atoms with Gasteiger partial charge < -0.3 is 9.84 Å². The molecule has 5 rings (SSSR count). The van der Waals surface area contributed by atoms with E-state index in [4.69, 9.17) is 4.52 Å². The van der Waals surface area contributed by atoms with Crippen LogP contribution in [0.25, 0.3) is 22.5 Å². The lowest BCUT2D eigenvalue weighted by Crippen LogP contribution is -2.23. The average molecular weight is 470 g/mol. The molecule has 0 aliphatic rings. The summed E-state index contributed by atoms with van der Waals surface area (Å²) in [5, 5.41) is 15.2. The molecule has 0 atom stereocenters. The van der Waals surface area contributed by atoms with Gasteiger partial charge in [-0.15, -0.1) is 0 Å². The van der Waals surface area contributed by atoms with Crippen LogP contribution >= 0.6 is 11.3 Å². The van der Waals surface area contributed by atoms with Gasteiger partial charge in [-0.25, -0.2) is 0 Å². The number of carbonyl (C=O) groups excluding carboxylic acids is 1. The Morgan fingerprint density at radius 2 is 1.91 bits per heavy atom. The Morgan fingerprint density at radius 1 is 1.03 bits per heavy atom. The van der Waals surface area contributed by atoms with Gasteiger partial charge in [0.15, 0.2) is 0 Å². The Labute approximate surface area is 201 Å². The number of amides is 1. The van der Waals surface area contributed by atoms with E-state index < -0.39 is 0 Å². The molecule has 0 fully saturated rings. The molecule has 5 aromatic rings. The summed E-state index contributed by atoms with van der Waals surface area (Å²) in [5.74, 6) is 0.966. The summed E-state index contributed by atoms with van der Waals surface area (Å²) >= 11 is 1.58. The number of nitrogens with zero attached hydrogens (tertiary/aromatic N) is 4. The minimum atomic E-state index is -0.0559. The van der Waals surface area contributed by atoms with Crippen LogP contribution in [0.15, 0.2) is 88.3 Å². The quantitative estimate of drug-likeness (QED) is 0.330. The van der Waals surface area contributed by atoms with Crippen LogP contribution in [0.4, 0.5) is 0 Å². The number of hydrogen-bond acceptors (Lipinski definition) is 6. The molecular weight excluding hydrogens is 446 g/mol. The maximum Gasteiger partial charge on any atom is 0.227 e. The first-order valence-corrected chi connectivity index (χ1v) is 12.0. The highest BCUT2D eigenvalue weighted by Crippen LogP contribution is 2.24. The zero-order chi connectivity index (χ0) is 23.2. The first-order valence-electron chi connectivity index (χ1n) is 11.0. The number of carbonyl (C=O) groups is 1. The van der Waals surface area contributed by atoms with E-state index in [-0.39, 0.29) is 12.3 Å². The first-order chi connectivity index (χ1) is 16.7. The van der Waals surface area contributed by atoms with Gasteiger partial charge >= 0.3 is 0 Å². The Kier molecular flexibility index (Phi) is 6.58. The number of rotatable bonds is 9. The molecule has 0 radical (unpaired) electrons. The van der Waals surface area contributed by atoms with Crippen LogP contribution in [-0.4, -0.2) is 25.8 Å². The van der Waals surface area contributed by atoms with Gasteiger partial charge in [-0.3, -0.25) is 9.48 Å². The van der Waals surface area contributed by atoms with Crippen molar-refractivity contribution in [1.82, 2.24) is 25.2 Å². The van der Waals surface area contributed by atoms with E-state index >= 15 is 0 Å². The third kappa shape index (κ3) is 5.29. The predicted molar refractivity (Wildman–Crippen MR) is 131 cm³/mol. The second-order valence-electron chi connectivity index (χ2n) is 7.86. The number of aryl methyl sites for hydroxylation is 1. The van der Waals surface area contributed by atoms with E-state index in [1.54, 1.807) is 17.5 Å². The molecule has 0 bridgehead atoms. The molecule has 0 aliphatic heterocycles. The van der Waals surface area contributed by atoms with Gasteiger partial charge in [0.1, 0.15) is 0 Å². The normalized spacial score (nSPS) is 10.9. The van der Waals surface area contributed by atoms with E-state index in [0.29, 0.717) is 24.7 Å². The lowest BCUT2D eigenvalue weighted by Gasteiger charge is -2.12. The van der Waals surface area contributed by atoms with Crippen molar-refractivity contribution < 1.29 is 9.32 Å². The fourth-order valence-electron chi connectivity index (χ4n) is 3.69. The van der Waals surface area contributed by atoms with E-state index in [0.717, 1.165) is 28.8 Å². The highest BCUT2D eigenvalue weighted by Gasteiger charge is 2.12. The van der Waals surface area contributed by atoms with Crippen LogP contribution in [0, 0.1) is 0 Å². The van der Waals surface area contributed by atoms with Gasteiger partial charge in [0.2, 0.25) is 17.6 Å². The highest BCUT2D eigenvalue weighted by molar-refractivity contribution is 7.08. The fraction of sp³-hybridized carbons (Fsp3) is 0.154. The Hall–Kier alpha value is -4.04. The standard InChI is InChI=1S/C26H23N5O2S/c32-24(10-11-25-29-26(30-33-25)22-12-15-34-18-22)27-16-21-4-1-2-5-23(21)20-8-6-19(7-9-20)17-31-14-3-13-28-31/h1-9,12-15,18H,10-11,16-17H2,(H,27,32). The zero-order valence-corrected chi connectivity index (χ0v) is 19.2. The van der Waals surface area contributed by atoms with Gasteiger partial charge in [-0.2, -0.15) is 21.4 Å². The molecule has 0 saturated heterocycles. The van der Waals surface area contributed by atoms with Gasteiger partial charge in [0, 0.05) is 42.7 Å². The molecular formula is C26H23N5O2S. The molecule has 2 aromatic carbocycles. The van der Waals surface area contributed by atoms with Crippen LogP contribution in [0.2, 0.25) is 0 Å².